The zero-order valence-electron chi connectivity index (χ0n) is 11.2. The van der Waals surface area contributed by atoms with Crippen LogP contribution < -0.4 is 0 Å². The molecule has 0 saturated carbocycles. The Labute approximate surface area is 113 Å². The van der Waals surface area contributed by atoms with Gasteiger partial charge in [-0.15, -0.1) is 0 Å². The lowest BCUT2D eigenvalue weighted by Crippen LogP contribution is -2.12. The molecule has 0 spiro atoms. The van der Waals surface area contributed by atoms with Crippen LogP contribution in [0, 0.1) is 5.92 Å². The molecule has 0 bridgehead atoms. The standard InChI is InChI=1S/C16H19N3/c1-2-13(11-16-17-8-9-18-16)12-19-10-7-14-5-3-4-6-15(14)19/h3-10,13H,2,11-12H2,1H3,(H,17,18). The van der Waals surface area contributed by atoms with E-state index in [0.717, 1.165) is 25.2 Å². The highest BCUT2D eigenvalue weighted by atomic mass is 15.0. The van der Waals surface area contributed by atoms with Crippen LogP contribution in [-0.4, -0.2) is 14.5 Å². The van der Waals surface area contributed by atoms with E-state index in [1.807, 2.05) is 12.4 Å². The highest BCUT2D eigenvalue weighted by Crippen LogP contribution is 2.19. The molecule has 0 saturated heterocycles. The quantitative estimate of drug-likeness (QED) is 0.740. The monoisotopic (exact) mass is 253 g/mol. The summed E-state index contributed by atoms with van der Waals surface area (Å²) in [5.74, 6) is 1.70. The van der Waals surface area contributed by atoms with Crippen molar-refractivity contribution in [1.29, 1.82) is 0 Å². The lowest BCUT2D eigenvalue weighted by molar-refractivity contribution is 0.428. The van der Waals surface area contributed by atoms with E-state index in [-0.39, 0.29) is 0 Å². The van der Waals surface area contributed by atoms with E-state index in [9.17, 15) is 0 Å². The fourth-order valence-electron chi connectivity index (χ4n) is 2.60. The maximum atomic E-state index is 4.33. The van der Waals surface area contributed by atoms with Crippen LogP contribution in [0.3, 0.4) is 0 Å². The molecule has 98 valence electrons. The number of benzene rings is 1. The predicted molar refractivity (Wildman–Crippen MR) is 78.0 cm³/mol. The Morgan fingerprint density at radius 1 is 1.26 bits per heavy atom. The predicted octanol–water partition coefficient (Wildman–Crippen LogP) is 3.63. The van der Waals surface area contributed by atoms with E-state index < -0.39 is 0 Å². The third kappa shape index (κ3) is 2.55. The summed E-state index contributed by atoms with van der Waals surface area (Å²) < 4.78 is 2.35. The fourth-order valence-corrected chi connectivity index (χ4v) is 2.60. The molecule has 3 rings (SSSR count). The van der Waals surface area contributed by atoms with Gasteiger partial charge in [-0.3, -0.25) is 0 Å². The number of hydrogen-bond donors (Lipinski definition) is 1. The number of aromatic amines is 1. The van der Waals surface area contributed by atoms with Gasteiger partial charge in [0.1, 0.15) is 5.82 Å². The zero-order valence-corrected chi connectivity index (χ0v) is 11.2. The highest BCUT2D eigenvalue weighted by molar-refractivity contribution is 5.79. The van der Waals surface area contributed by atoms with Crippen LogP contribution >= 0.6 is 0 Å². The molecule has 1 aromatic carbocycles. The van der Waals surface area contributed by atoms with Crippen molar-refractivity contribution in [3.63, 3.8) is 0 Å². The van der Waals surface area contributed by atoms with Crippen molar-refractivity contribution in [3.8, 4) is 0 Å². The van der Waals surface area contributed by atoms with E-state index in [1.165, 1.54) is 10.9 Å². The summed E-state index contributed by atoms with van der Waals surface area (Å²) >= 11 is 0. The largest absolute Gasteiger partial charge is 0.349 e. The van der Waals surface area contributed by atoms with E-state index in [4.69, 9.17) is 0 Å². The van der Waals surface area contributed by atoms with Gasteiger partial charge in [-0.2, -0.15) is 0 Å². The number of aromatic nitrogens is 3. The summed E-state index contributed by atoms with van der Waals surface area (Å²) in [5.41, 5.74) is 1.32. The Hall–Kier alpha value is -2.03. The van der Waals surface area contributed by atoms with Gasteiger partial charge in [0.25, 0.3) is 0 Å². The van der Waals surface area contributed by atoms with Crippen LogP contribution in [0.15, 0.2) is 48.9 Å². The number of hydrogen-bond acceptors (Lipinski definition) is 1. The van der Waals surface area contributed by atoms with Crippen LogP contribution in [0.5, 0.6) is 0 Å². The van der Waals surface area contributed by atoms with Crippen molar-refractivity contribution in [2.75, 3.05) is 0 Å². The normalized spacial score (nSPS) is 12.9. The summed E-state index contributed by atoms with van der Waals surface area (Å²) in [4.78, 5) is 7.53. The molecule has 3 heteroatoms. The summed E-state index contributed by atoms with van der Waals surface area (Å²) in [6.45, 7) is 3.30. The number of para-hydroxylation sites is 1. The Morgan fingerprint density at radius 3 is 2.95 bits per heavy atom. The zero-order chi connectivity index (χ0) is 13.1. The molecule has 1 N–H and O–H groups in total. The third-order valence-electron chi connectivity index (χ3n) is 3.75. The molecule has 0 fully saturated rings. The highest BCUT2D eigenvalue weighted by Gasteiger charge is 2.11. The minimum atomic E-state index is 0.613. The second-order valence-electron chi connectivity index (χ2n) is 5.04. The lowest BCUT2D eigenvalue weighted by atomic mass is 10.0. The third-order valence-corrected chi connectivity index (χ3v) is 3.75. The molecule has 0 aliphatic rings. The second kappa shape index (κ2) is 5.31. The first-order chi connectivity index (χ1) is 9.36. The van der Waals surface area contributed by atoms with Gasteiger partial charge in [0.2, 0.25) is 0 Å². The van der Waals surface area contributed by atoms with Gasteiger partial charge in [0.15, 0.2) is 0 Å². The van der Waals surface area contributed by atoms with Crippen LogP contribution in [0.25, 0.3) is 10.9 Å². The van der Waals surface area contributed by atoms with Crippen molar-refractivity contribution < 1.29 is 0 Å². The molecular weight excluding hydrogens is 234 g/mol. The van der Waals surface area contributed by atoms with Crippen LogP contribution in [0.1, 0.15) is 19.2 Å². The molecule has 1 atom stereocenters. The minimum Gasteiger partial charge on any atom is -0.349 e. The number of rotatable bonds is 5. The first kappa shape index (κ1) is 12.0. The smallest absolute Gasteiger partial charge is 0.106 e. The van der Waals surface area contributed by atoms with Gasteiger partial charge < -0.3 is 9.55 Å². The summed E-state index contributed by atoms with van der Waals surface area (Å²) in [7, 11) is 0. The summed E-state index contributed by atoms with van der Waals surface area (Å²) in [5, 5.41) is 1.32. The van der Waals surface area contributed by atoms with E-state index in [2.05, 4.69) is 58.0 Å². The van der Waals surface area contributed by atoms with Crippen molar-refractivity contribution in [2.45, 2.75) is 26.3 Å². The number of nitrogens with zero attached hydrogens (tertiary/aromatic N) is 2. The molecule has 3 aromatic rings. The molecule has 0 aliphatic heterocycles. The average Bonchev–Trinajstić information content (AvgIpc) is 3.08. The molecule has 2 heterocycles. The number of H-pyrrole nitrogens is 1. The van der Waals surface area contributed by atoms with Gasteiger partial charge in [0, 0.05) is 37.1 Å². The maximum Gasteiger partial charge on any atom is 0.106 e. The maximum absolute atomic E-state index is 4.33. The summed E-state index contributed by atoms with van der Waals surface area (Å²) in [6, 6.07) is 10.7. The average molecular weight is 253 g/mol. The summed E-state index contributed by atoms with van der Waals surface area (Å²) in [6.07, 6.45) is 8.08. The van der Waals surface area contributed by atoms with Crippen molar-refractivity contribution in [1.82, 2.24) is 14.5 Å². The molecule has 0 radical (unpaired) electrons. The second-order valence-corrected chi connectivity index (χ2v) is 5.04. The van der Waals surface area contributed by atoms with Gasteiger partial charge >= 0.3 is 0 Å². The van der Waals surface area contributed by atoms with Gasteiger partial charge in [0.05, 0.1) is 0 Å². The Balaban J connectivity index is 1.78. The van der Waals surface area contributed by atoms with Crippen LogP contribution in [0.4, 0.5) is 0 Å². The molecule has 2 aromatic heterocycles. The Kier molecular flexibility index (Phi) is 3.36. The number of imidazole rings is 1. The molecule has 3 nitrogen and oxygen atoms in total. The van der Waals surface area contributed by atoms with Gasteiger partial charge in [-0.1, -0.05) is 31.5 Å². The van der Waals surface area contributed by atoms with Crippen LogP contribution in [0.2, 0.25) is 0 Å². The number of nitrogens with one attached hydrogen (secondary N) is 1. The van der Waals surface area contributed by atoms with E-state index in [0.29, 0.717) is 5.92 Å². The fraction of sp³-hybridized carbons (Fsp3) is 0.312. The topological polar surface area (TPSA) is 33.6 Å². The van der Waals surface area contributed by atoms with Crippen molar-refractivity contribution in [2.24, 2.45) is 5.92 Å². The molecule has 0 aliphatic carbocycles. The van der Waals surface area contributed by atoms with Crippen molar-refractivity contribution in [3.05, 3.63) is 54.7 Å². The van der Waals surface area contributed by atoms with E-state index >= 15 is 0 Å². The first-order valence-electron chi connectivity index (χ1n) is 6.89. The molecule has 0 amide bonds. The molecule has 19 heavy (non-hydrogen) atoms. The lowest BCUT2D eigenvalue weighted by Gasteiger charge is -2.15. The molecule has 1 unspecified atom stereocenters. The van der Waals surface area contributed by atoms with E-state index in [1.54, 1.807) is 0 Å². The van der Waals surface area contributed by atoms with Gasteiger partial charge in [-0.05, 0) is 23.4 Å². The SMILES string of the molecule is CCC(Cc1ncc[nH]1)Cn1ccc2ccccc21. The Morgan fingerprint density at radius 2 is 2.16 bits per heavy atom. The van der Waals surface area contributed by atoms with Gasteiger partial charge in [-0.25, -0.2) is 4.98 Å². The first-order valence-corrected chi connectivity index (χ1v) is 6.89. The Bertz CT molecular complexity index is 637. The molecular formula is C16H19N3. The number of fused-ring (bicyclic) bond motifs is 1. The van der Waals surface area contributed by atoms with Crippen LogP contribution in [-0.2, 0) is 13.0 Å². The van der Waals surface area contributed by atoms with Crippen molar-refractivity contribution >= 4 is 10.9 Å². The minimum absolute atomic E-state index is 0.613.